The lowest BCUT2D eigenvalue weighted by Gasteiger charge is -2.23. The van der Waals surface area contributed by atoms with Gasteiger partial charge in [0.1, 0.15) is 0 Å². The Bertz CT molecular complexity index is 4180. The van der Waals surface area contributed by atoms with Gasteiger partial charge in [-0.25, -0.2) is 0 Å². The number of fused-ring (bicyclic) bond motifs is 6. The number of nitriles is 1. The zero-order chi connectivity index (χ0) is 56.6. The molecule has 0 spiro atoms. The van der Waals surface area contributed by atoms with Crippen LogP contribution in [0.2, 0.25) is 0 Å². The van der Waals surface area contributed by atoms with E-state index in [4.69, 9.17) is 0 Å². The summed E-state index contributed by atoms with van der Waals surface area (Å²) in [7, 11) is 0. The molecule has 0 bridgehead atoms. The van der Waals surface area contributed by atoms with E-state index in [9.17, 15) is 5.26 Å². The first kappa shape index (κ1) is 55.1. The Kier molecular flexibility index (Phi) is 15.8. The average Bonchev–Trinajstić information content (AvgIpc) is 3.29. The van der Waals surface area contributed by atoms with E-state index in [0.29, 0.717) is 5.56 Å². The molecule has 79 heavy (non-hydrogen) atoms. The first-order valence-electron chi connectivity index (χ1n) is 27.9. The zero-order valence-corrected chi connectivity index (χ0v) is 49.1. The molecule has 0 N–H and O–H groups in total. The summed E-state index contributed by atoms with van der Waals surface area (Å²) in [6.07, 6.45) is 9.83. The second kappa shape index (κ2) is 22.7. The van der Waals surface area contributed by atoms with Crippen LogP contribution in [0, 0.1) is 52.9 Å². The average molecular weight is 1030 g/mol. The first-order chi connectivity index (χ1) is 37.9. The van der Waals surface area contributed by atoms with Crippen LogP contribution in [-0.2, 0) is 0 Å². The molecule has 0 atom stereocenters. The molecule has 0 saturated carbocycles. The molecule has 0 unspecified atom stereocenters. The minimum atomic E-state index is 0.618. The van der Waals surface area contributed by atoms with Crippen LogP contribution in [0.3, 0.4) is 0 Å². The molecular formula is C76H75N3. The minimum absolute atomic E-state index is 0.618. The molecule has 0 fully saturated rings. The molecule has 0 aliphatic carbocycles. The van der Waals surface area contributed by atoms with Gasteiger partial charge in [0.2, 0.25) is 0 Å². The Hall–Kier alpha value is -8.71. The Morgan fingerprint density at radius 2 is 0.962 bits per heavy atom. The minimum Gasteiger partial charge on any atom is -0.308 e. The molecule has 0 saturated heterocycles. The Balaban J connectivity index is 0.00000247. The van der Waals surface area contributed by atoms with Crippen molar-refractivity contribution in [3.63, 3.8) is 0 Å². The molecule has 0 radical (unpaired) electrons. The summed E-state index contributed by atoms with van der Waals surface area (Å²) in [4.78, 5) is 0. The number of benzene rings is 8. The lowest BCUT2D eigenvalue weighted by atomic mass is 9.93. The molecule has 0 amide bonds. The van der Waals surface area contributed by atoms with Gasteiger partial charge in [0.25, 0.3) is 0 Å². The predicted molar refractivity (Wildman–Crippen MR) is 345 cm³/mol. The highest BCUT2D eigenvalue weighted by Gasteiger charge is 2.26. The van der Waals surface area contributed by atoms with Crippen LogP contribution in [0.5, 0.6) is 0 Å². The van der Waals surface area contributed by atoms with Crippen molar-refractivity contribution in [2.75, 3.05) is 0 Å². The summed E-state index contributed by atoms with van der Waals surface area (Å²) >= 11 is 0. The molecule has 3 heteroatoms. The normalized spacial score (nSPS) is 12.2. The molecule has 2 aromatic heterocycles. The van der Waals surface area contributed by atoms with Crippen molar-refractivity contribution in [2.24, 2.45) is 0 Å². The maximum Gasteiger partial charge on any atom is 0.0998 e. The van der Waals surface area contributed by atoms with Gasteiger partial charge in [0.05, 0.1) is 45.1 Å². The van der Waals surface area contributed by atoms with Crippen LogP contribution in [0.15, 0.2) is 199 Å². The molecule has 3 nitrogen and oxygen atoms in total. The van der Waals surface area contributed by atoms with E-state index in [2.05, 4.69) is 270 Å². The van der Waals surface area contributed by atoms with Gasteiger partial charge in [0, 0.05) is 32.7 Å². The molecule has 8 aromatic carbocycles. The third kappa shape index (κ3) is 10.6. The van der Waals surface area contributed by atoms with Gasteiger partial charge < -0.3 is 9.13 Å². The number of rotatable bonds is 11. The molecule has 0 aliphatic rings. The number of hydrogen-bond donors (Lipinski definition) is 0. The van der Waals surface area contributed by atoms with Gasteiger partial charge in [-0.15, -0.1) is 0 Å². The largest absolute Gasteiger partial charge is 0.308 e. The highest BCUT2D eigenvalue weighted by Crippen LogP contribution is 2.46. The zero-order valence-electron chi connectivity index (χ0n) is 49.1. The van der Waals surface area contributed by atoms with E-state index in [1.165, 1.54) is 45.4 Å². The van der Waals surface area contributed by atoms with Gasteiger partial charge >= 0.3 is 0 Å². The Morgan fingerprint density at radius 3 is 1.41 bits per heavy atom. The highest BCUT2D eigenvalue weighted by atomic mass is 15.0. The number of hydrogen-bond acceptors (Lipinski definition) is 1. The number of aromatic nitrogens is 2. The van der Waals surface area contributed by atoms with Gasteiger partial charge in [0.15, 0.2) is 0 Å². The van der Waals surface area contributed by atoms with E-state index in [0.717, 1.165) is 127 Å². The van der Waals surface area contributed by atoms with Crippen LogP contribution in [-0.4, -0.2) is 9.13 Å². The van der Waals surface area contributed by atoms with Crippen molar-refractivity contribution in [3.8, 4) is 50.8 Å². The van der Waals surface area contributed by atoms with Gasteiger partial charge in [-0.2, -0.15) is 5.26 Å². The third-order valence-electron chi connectivity index (χ3n) is 15.1. The van der Waals surface area contributed by atoms with Crippen molar-refractivity contribution in [1.29, 1.82) is 5.26 Å². The van der Waals surface area contributed by atoms with Crippen molar-refractivity contribution < 1.29 is 0 Å². The molecule has 394 valence electrons. The van der Waals surface area contributed by atoms with Crippen LogP contribution in [0.1, 0.15) is 112 Å². The monoisotopic (exact) mass is 1030 g/mol. The maximum atomic E-state index is 11.3. The van der Waals surface area contributed by atoms with Gasteiger partial charge in [-0.1, -0.05) is 177 Å². The quantitative estimate of drug-likeness (QED) is 0.119. The highest BCUT2D eigenvalue weighted by molar-refractivity contribution is 6.14. The maximum absolute atomic E-state index is 11.3. The summed E-state index contributed by atoms with van der Waals surface area (Å²) in [6.45, 7) is 38.6. The van der Waals surface area contributed by atoms with E-state index < -0.39 is 0 Å². The summed E-state index contributed by atoms with van der Waals surface area (Å²) in [5.74, 6) is 0. The standard InChI is InChI=1S/C73H67N3.C3H8/c1-15-58(49(11)31-43(3)4)53-20-27-63-64-28-21-54(59(16-2)50(12)32-44(5)6)39-68(64)75(67(63)38-53)71-36-48(10)37-72(73(71)62-26-19-47(9)35-57(62)42-74)76-69-40-55(60-24-17-45(7)33-51(60)13)22-29-65(69)66-30-23-56(41-70(66)76)61-25-18-46(8)34-52(61)14;1-3-2/h15-41H,1,5H2,2-4,6-14H3;3H2,1-2H3/b50-32-,58-49+,59-16+;. The van der Waals surface area contributed by atoms with Crippen molar-refractivity contribution in [1.82, 2.24) is 9.13 Å². The molecule has 10 aromatic rings. The van der Waals surface area contributed by atoms with E-state index in [1.54, 1.807) is 0 Å². The van der Waals surface area contributed by atoms with Crippen molar-refractivity contribution in [3.05, 3.63) is 249 Å². The Labute approximate surface area is 470 Å². The summed E-state index contributed by atoms with van der Waals surface area (Å²) in [5.41, 5.74) is 29.5. The van der Waals surface area contributed by atoms with Crippen LogP contribution >= 0.6 is 0 Å². The fourth-order valence-electron chi connectivity index (χ4n) is 11.9. The predicted octanol–water partition coefficient (Wildman–Crippen LogP) is 21.9. The van der Waals surface area contributed by atoms with E-state index in [-0.39, 0.29) is 0 Å². The van der Waals surface area contributed by atoms with Crippen LogP contribution in [0.4, 0.5) is 0 Å². The first-order valence-corrected chi connectivity index (χ1v) is 27.9. The third-order valence-corrected chi connectivity index (χ3v) is 15.1. The molecule has 10 rings (SSSR count). The number of aryl methyl sites for hydroxylation is 6. The summed E-state index contributed by atoms with van der Waals surface area (Å²) in [6, 6.07) is 54.9. The lowest BCUT2D eigenvalue weighted by Crippen LogP contribution is -2.06. The fourth-order valence-corrected chi connectivity index (χ4v) is 11.9. The van der Waals surface area contributed by atoms with Crippen molar-refractivity contribution in [2.45, 2.75) is 103 Å². The van der Waals surface area contributed by atoms with Crippen molar-refractivity contribution >= 4 is 54.8 Å². The summed E-state index contributed by atoms with van der Waals surface area (Å²) < 4.78 is 4.97. The smallest absolute Gasteiger partial charge is 0.0998 e. The number of allylic oxidation sites excluding steroid dienone is 10. The molecule has 2 heterocycles. The lowest BCUT2D eigenvalue weighted by molar-refractivity contribution is 1.09. The second-order valence-corrected chi connectivity index (χ2v) is 22.2. The number of nitrogens with zero attached hydrogens (tertiary/aromatic N) is 3. The second-order valence-electron chi connectivity index (χ2n) is 22.2. The SMILES string of the molecule is C=C/C(=C(/C)C=C(C)C)c1ccc2c3ccc(C(=C/C)/C(C)=C\C(=C)C)cc3n(-c3cc(C)cc(-n4c5cc(-c6ccc(C)cc6C)ccc5c5ccc(-c6ccc(C)cc6C)cc54)c3-c3ccc(C)cc3C#N)c2c1.CCC. The van der Waals surface area contributed by atoms with Crippen LogP contribution in [0.25, 0.3) is 99.5 Å². The molecule has 0 aliphatic heterocycles. The molecular weight excluding hydrogens is 955 g/mol. The Morgan fingerprint density at radius 1 is 0.519 bits per heavy atom. The van der Waals surface area contributed by atoms with E-state index in [1.807, 2.05) is 19.1 Å². The topological polar surface area (TPSA) is 33.6 Å². The van der Waals surface area contributed by atoms with Crippen LogP contribution < -0.4 is 0 Å². The fraction of sp³-hybridized carbons (Fsp3) is 0.197. The van der Waals surface area contributed by atoms with Gasteiger partial charge in [-0.3, -0.25) is 0 Å². The van der Waals surface area contributed by atoms with Gasteiger partial charge in [-0.05, 0) is 203 Å². The van der Waals surface area contributed by atoms with E-state index >= 15 is 0 Å². The summed E-state index contributed by atoms with van der Waals surface area (Å²) in [5, 5.41) is 15.9.